The molecule has 0 atom stereocenters. The van der Waals surface area contributed by atoms with Crippen LogP contribution in [0.2, 0.25) is 0 Å². The molecule has 0 aliphatic rings. The Morgan fingerprint density at radius 3 is 2.64 bits per heavy atom. The van der Waals surface area contributed by atoms with Gasteiger partial charge in [-0.3, -0.25) is 4.79 Å². The van der Waals surface area contributed by atoms with Gasteiger partial charge in [-0.2, -0.15) is 4.98 Å². The molecule has 0 aliphatic carbocycles. The van der Waals surface area contributed by atoms with Crippen LogP contribution in [-0.2, 0) is 11.3 Å². The zero-order valence-corrected chi connectivity index (χ0v) is 14.5. The highest BCUT2D eigenvalue weighted by Crippen LogP contribution is 2.23. The Morgan fingerprint density at radius 2 is 1.86 bits per heavy atom. The van der Waals surface area contributed by atoms with E-state index in [1.54, 1.807) is 22.9 Å². The smallest absolute Gasteiger partial charge is 0.274 e. The number of nitrogens with zero attached hydrogens (tertiary/aromatic N) is 3. The first-order valence-corrected chi connectivity index (χ1v) is 8.40. The molecule has 0 radical (unpaired) electrons. The van der Waals surface area contributed by atoms with Crippen LogP contribution in [0.5, 0.6) is 0 Å². The molecule has 0 saturated carbocycles. The molecule has 4 aromatic rings. The molecule has 2 aromatic heterocycles. The summed E-state index contributed by atoms with van der Waals surface area (Å²) >= 11 is 0. The number of hydrogen-bond acceptors (Lipinski definition) is 4. The second-order valence-electron chi connectivity index (χ2n) is 5.99. The molecule has 140 valence electrons. The first-order chi connectivity index (χ1) is 13.6. The fourth-order valence-corrected chi connectivity index (χ4v) is 2.71. The van der Waals surface area contributed by atoms with Gasteiger partial charge in [-0.15, -0.1) is 0 Å². The fraction of sp³-hybridized carbons (Fsp3) is 0.0500. The number of benzene rings is 2. The SMILES string of the molecule is O=C(Cn1cccc1-c1nc(-c2ccccc2)no1)Nc1ccc(F)c(F)c1. The van der Waals surface area contributed by atoms with Crippen molar-refractivity contribution in [3.05, 3.63) is 78.5 Å². The van der Waals surface area contributed by atoms with Crippen LogP contribution in [0.15, 0.2) is 71.4 Å². The van der Waals surface area contributed by atoms with E-state index in [0.29, 0.717) is 11.5 Å². The zero-order valence-electron chi connectivity index (χ0n) is 14.5. The summed E-state index contributed by atoms with van der Waals surface area (Å²) in [6.07, 6.45) is 1.69. The first kappa shape index (κ1) is 17.6. The van der Waals surface area contributed by atoms with Gasteiger partial charge in [-0.05, 0) is 24.3 Å². The van der Waals surface area contributed by atoms with Crippen LogP contribution in [0.4, 0.5) is 14.5 Å². The number of rotatable bonds is 5. The number of amides is 1. The average molecular weight is 380 g/mol. The second kappa shape index (κ2) is 7.43. The molecule has 0 unspecified atom stereocenters. The molecule has 1 amide bonds. The van der Waals surface area contributed by atoms with Crippen molar-refractivity contribution in [2.24, 2.45) is 0 Å². The Labute approximate surface area is 158 Å². The van der Waals surface area contributed by atoms with E-state index in [9.17, 15) is 13.6 Å². The van der Waals surface area contributed by atoms with E-state index in [0.717, 1.165) is 17.7 Å². The van der Waals surface area contributed by atoms with Gasteiger partial charge < -0.3 is 14.4 Å². The fourth-order valence-electron chi connectivity index (χ4n) is 2.71. The van der Waals surface area contributed by atoms with Gasteiger partial charge in [0.2, 0.25) is 11.7 Å². The molecule has 6 nitrogen and oxygen atoms in total. The number of carbonyl (C=O) groups is 1. The minimum absolute atomic E-state index is 0.0651. The molecule has 0 fully saturated rings. The lowest BCUT2D eigenvalue weighted by atomic mass is 10.2. The van der Waals surface area contributed by atoms with Gasteiger partial charge in [0.05, 0.1) is 0 Å². The Bertz CT molecular complexity index is 1120. The third kappa shape index (κ3) is 3.66. The number of hydrogen-bond donors (Lipinski definition) is 1. The Balaban J connectivity index is 1.51. The number of halogens is 2. The summed E-state index contributed by atoms with van der Waals surface area (Å²) in [7, 11) is 0. The van der Waals surface area contributed by atoms with E-state index >= 15 is 0 Å². The lowest BCUT2D eigenvalue weighted by molar-refractivity contribution is -0.116. The minimum atomic E-state index is -1.03. The first-order valence-electron chi connectivity index (χ1n) is 8.40. The summed E-state index contributed by atoms with van der Waals surface area (Å²) in [5.41, 5.74) is 1.54. The van der Waals surface area contributed by atoms with Crippen LogP contribution >= 0.6 is 0 Å². The molecule has 0 spiro atoms. The lowest BCUT2D eigenvalue weighted by Gasteiger charge is -2.08. The van der Waals surface area contributed by atoms with Gasteiger partial charge in [-0.1, -0.05) is 35.5 Å². The van der Waals surface area contributed by atoms with Gasteiger partial charge in [0.15, 0.2) is 11.6 Å². The van der Waals surface area contributed by atoms with Crippen molar-refractivity contribution >= 4 is 11.6 Å². The molecule has 0 bridgehead atoms. The summed E-state index contributed by atoms with van der Waals surface area (Å²) in [5, 5.41) is 6.50. The molecule has 0 saturated heterocycles. The number of aromatic nitrogens is 3. The summed E-state index contributed by atoms with van der Waals surface area (Å²) in [5.74, 6) is -1.71. The molecule has 8 heteroatoms. The normalized spacial score (nSPS) is 10.8. The van der Waals surface area contributed by atoms with Crippen LogP contribution in [0.1, 0.15) is 0 Å². The minimum Gasteiger partial charge on any atom is -0.334 e. The number of nitrogens with one attached hydrogen (secondary N) is 1. The Kier molecular flexibility index (Phi) is 4.67. The molecular formula is C20H14F2N4O2. The lowest BCUT2D eigenvalue weighted by Crippen LogP contribution is -2.19. The van der Waals surface area contributed by atoms with Crippen molar-refractivity contribution in [3.8, 4) is 23.0 Å². The van der Waals surface area contributed by atoms with E-state index in [4.69, 9.17) is 4.52 Å². The van der Waals surface area contributed by atoms with Crippen molar-refractivity contribution in [2.45, 2.75) is 6.54 Å². The highest BCUT2D eigenvalue weighted by atomic mass is 19.2. The van der Waals surface area contributed by atoms with Gasteiger partial charge >= 0.3 is 0 Å². The van der Waals surface area contributed by atoms with E-state index in [1.165, 1.54) is 6.07 Å². The van der Waals surface area contributed by atoms with Crippen molar-refractivity contribution in [3.63, 3.8) is 0 Å². The Hall–Kier alpha value is -3.81. The molecule has 2 aromatic carbocycles. The Morgan fingerprint density at radius 1 is 1.04 bits per heavy atom. The summed E-state index contributed by atoms with van der Waals surface area (Å²) in [4.78, 5) is 16.6. The molecule has 4 rings (SSSR count). The zero-order chi connectivity index (χ0) is 19.5. The average Bonchev–Trinajstić information content (AvgIpc) is 3.34. The van der Waals surface area contributed by atoms with Gasteiger partial charge in [0, 0.05) is 23.5 Å². The van der Waals surface area contributed by atoms with E-state index < -0.39 is 17.5 Å². The van der Waals surface area contributed by atoms with Crippen LogP contribution < -0.4 is 5.32 Å². The summed E-state index contributed by atoms with van der Waals surface area (Å²) < 4.78 is 33.2. The highest BCUT2D eigenvalue weighted by Gasteiger charge is 2.15. The van der Waals surface area contributed by atoms with Crippen LogP contribution in [0.3, 0.4) is 0 Å². The van der Waals surface area contributed by atoms with Crippen molar-refractivity contribution in [1.29, 1.82) is 0 Å². The quantitative estimate of drug-likeness (QED) is 0.565. The van der Waals surface area contributed by atoms with Crippen LogP contribution in [0.25, 0.3) is 23.0 Å². The third-order valence-electron chi connectivity index (χ3n) is 4.02. The molecule has 1 N–H and O–H groups in total. The summed E-state index contributed by atoms with van der Waals surface area (Å²) in [6.45, 7) is -0.0651. The highest BCUT2D eigenvalue weighted by molar-refractivity contribution is 5.90. The monoisotopic (exact) mass is 380 g/mol. The summed E-state index contributed by atoms with van der Waals surface area (Å²) in [6, 6.07) is 16.0. The maximum absolute atomic E-state index is 13.3. The van der Waals surface area contributed by atoms with Gasteiger partial charge in [0.25, 0.3) is 5.89 Å². The number of carbonyl (C=O) groups excluding carboxylic acids is 1. The van der Waals surface area contributed by atoms with Crippen molar-refractivity contribution < 1.29 is 18.1 Å². The number of anilines is 1. The molecular weight excluding hydrogens is 366 g/mol. The predicted octanol–water partition coefficient (Wildman–Crippen LogP) is 4.12. The second-order valence-corrected chi connectivity index (χ2v) is 5.99. The van der Waals surface area contributed by atoms with Crippen molar-refractivity contribution in [2.75, 3.05) is 5.32 Å². The van der Waals surface area contributed by atoms with E-state index in [2.05, 4.69) is 15.5 Å². The van der Waals surface area contributed by atoms with Crippen LogP contribution in [0, 0.1) is 11.6 Å². The molecule has 2 heterocycles. The third-order valence-corrected chi connectivity index (χ3v) is 4.02. The topological polar surface area (TPSA) is 73.0 Å². The largest absolute Gasteiger partial charge is 0.334 e. The maximum Gasteiger partial charge on any atom is 0.274 e. The van der Waals surface area contributed by atoms with Crippen molar-refractivity contribution in [1.82, 2.24) is 14.7 Å². The van der Waals surface area contributed by atoms with Gasteiger partial charge in [-0.25, -0.2) is 8.78 Å². The standard InChI is InChI=1S/C20H14F2N4O2/c21-15-9-8-14(11-16(15)22)23-18(27)12-26-10-4-7-17(26)20-24-19(25-28-20)13-5-2-1-3-6-13/h1-11H,12H2,(H,23,27). The van der Waals surface area contributed by atoms with Crippen LogP contribution in [-0.4, -0.2) is 20.6 Å². The molecule has 0 aliphatic heterocycles. The maximum atomic E-state index is 13.3. The van der Waals surface area contributed by atoms with E-state index in [1.807, 2.05) is 30.3 Å². The predicted molar refractivity (Wildman–Crippen MR) is 98.1 cm³/mol. The molecule has 28 heavy (non-hydrogen) atoms. The van der Waals surface area contributed by atoms with Gasteiger partial charge in [0.1, 0.15) is 12.2 Å². The van der Waals surface area contributed by atoms with E-state index in [-0.39, 0.29) is 18.1 Å².